The zero-order valence-electron chi connectivity index (χ0n) is 15.8. The maximum atomic E-state index is 14.8. The molecule has 3 heterocycles. The third kappa shape index (κ3) is 3.78. The van der Waals surface area contributed by atoms with Gasteiger partial charge in [0.2, 0.25) is 0 Å². The Labute approximate surface area is 146 Å². The van der Waals surface area contributed by atoms with Gasteiger partial charge in [-0.1, -0.05) is 13.8 Å². The van der Waals surface area contributed by atoms with Crippen LogP contribution >= 0.6 is 0 Å². The van der Waals surface area contributed by atoms with Crippen molar-refractivity contribution in [3.8, 4) is 0 Å². The van der Waals surface area contributed by atoms with Crippen LogP contribution < -0.4 is 0 Å². The highest BCUT2D eigenvalue weighted by Crippen LogP contribution is 2.36. The fourth-order valence-electron chi connectivity index (χ4n) is 4.75. The van der Waals surface area contributed by atoms with Gasteiger partial charge in [-0.15, -0.1) is 0 Å². The Morgan fingerprint density at radius 2 is 1.46 bits per heavy atom. The van der Waals surface area contributed by atoms with E-state index in [1.54, 1.807) is 0 Å². The maximum absolute atomic E-state index is 14.8. The minimum atomic E-state index is -2.57. The van der Waals surface area contributed by atoms with Crippen LogP contribution in [0.1, 0.15) is 47.0 Å². The largest absolute Gasteiger partial charge is 0.298 e. The molecule has 0 spiro atoms. The van der Waals surface area contributed by atoms with Gasteiger partial charge in [-0.2, -0.15) is 0 Å². The molecule has 0 saturated carbocycles. The van der Waals surface area contributed by atoms with Crippen LogP contribution in [0.4, 0.5) is 8.78 Å². The minimum Gasteiger partial charge on any atom is -0.298 e. The minimum absolute atomic E-state index is 0.0433. The highest BCUT2D eigenvalue weighted by Gasteiger charge is 2.50. The van der Waals surface area contributed by atoms with Crippen LogP contribution in [0.3, 0.4) is 0 Å². The Hall–Kier alpha value is -0.260. The van der Waals surface area contributed by atoms with Crippen LogP contribution in [0.2, 0.25) is 0 Å². The summed E-state index contributed by atoms with van der Waals surface area (Å²) in [4.78, 5) is 6.51. The fourth-order valence-corrected chi connectivity index (χ4v) is 4.75. The SMILES string of the molecule is CC(C)C1CCN([C@H]2CCN(C3CN(C(C)C)C3)CC2(F)F)CC1. The lowest BCUT2D eigenvalue weighted by Crippen LogP contribution is -2.67. The molecule has 3 nitrogen and oxygen atoms in total. The second kappa shape index (κ2) is 7.16. The van der Waals surface area contributed by atoms with Crippen LogP contribution in [-0.2, 0) is 0 Å². The van der Waals surface area contributed by atoms with E-state index < -0.39 is 12.0 Å². The Balaban J connectivity index is 1.52. The van der Waals surface area contributed by atoms with Crippen molar-refractivity contribution in [2.75, 3.05) is 39.3 Å². The summed E-state index contributed by atoms with van der Waals surface area (Å²) in [6.07, 6.45) is 2.79. The Morgan fingerprint density at radius 3 is 1.96 bits per heavy atom. The van der Waals surface area contributed by atoms with Crippen molar-refractivity contribution in [3.05, 3.63) is 0 Å². The maximum Gasteiger partial charge on any atom is 0.275 e. The first-order chi connectivity index (χ1) is 11.3. The first-order valence-corrected chi connectivity index (χ1v) is 9.88. The van der Waals surface area contributed by atoms with Crippen molar-refractivity contribution in [2.45, 2.75) is 71.0 Å². The second-order valence-electron chi connectivity index (χ2n) is 8.85. The zero-order chi connectivity index (χ0) is 17.5. The number of piperidine rings is 2. The number of nitrogens with zero attached hydrogens (tertiary/aromatic N) is 3. The Bertz CT molecular complexity index is 413. The second-order valence-corrected chi connectivity index (χ2v) is 8.85. The standard InChI is InChI=1S/C19H35F2N3/c1-14(2)16-5-8-22(9-6-16)18-7-10-23(13-19(18,20)21)17-11-24(12-17)15(3)4/h14-18H,5-13H2,1-4H3/t18-/m0/s1. The van der Waals surface area contributed by atoms with Gasteiger partial charge in [0.1, 0.15) is 0 Å². The lowest BCUT2D eigenvalue weighted by atomic mass is 9.85. The average Bonchev–Trinajstić information content (AvgIpc) is 2.44. The molecule has 3 saturated heterocycles. The van der Waals surface area contributed by atoms with Crippen molar-refractivity contribution in [1.82, 2.24) is 14.7 Å². The predicted molar refractivity (Wildman–Crippen MR) is 94.6 cm³/mol. The molecule has 140 valence electrons. The molecular weight excluding hydrogens is 308 g/mol. The molecule has 0 unspecified atom stereocenters. The smallest absolute Gasteiger partial charge is 0.275 e. The van der Waals surface area contributed by atoms with Gasteiger partial charge in [0.25, 0.3) is 5.92 Å². The van der Waals surface area contributed by atoms with E-state index >= 15 is 0 Å². The monoisotopic (exact) mass is 343 g/mol. The molecule has 0 aromatic carbocycles. The molecule has 3 aliphatic rings. The van der Waals surface area contributed by atoms with E-state index in [0.29, 0.717) is 30.3 Å². The van der Waals surface area contributed by atoms with Gasteiger partial charge in [-0.05, 0) is 58.0 Å². The Morgan fingerprint density at radius 1 is 0.875 bits per heavy atom. The van der Waals surface area contributed by atoms with E-state index in [1.807, 2.05) is 0 Å². The molecule has 1 atom stereocenters. The van der Waals surface area contributed by atoms with E-state index in [0.717, 1.165) is 45.6 Å². The average molecular weight is 344 g/mol. The summed E-state index contributed by atoms with van der Waals surface area (Å²) in [6, 6.07) is 0.329. The fraction of sp³-hybridized carbons (Fsp3) is 1.00. The summed E-state index contributed by atoms with van der Waals surface area (Å²) < 4.78 is 29.7. The van der Waals surface area contributed by atoms with E-state index in [1.165, 1.54) is 0 Å². The first kappa shape index (κ1) is 18.5. The summed E-state index contributed by atoms with van der Waals surface area (Å²) in [7, 11) is 0. The number of hydrogen-bond acceptors (Lipinski definition) is 3. The molecule has 3 rings (SSSR count). The summed E-state index contributed by atoms with van der Waals surface area (Å²) in [5, 5.41) is 0. The van der Waals surface area contributed by atoms with Gasteiger partial charge in [0, 0.05) is 31.7 Å². The zero-order valence-corrected chi connectivity index (χ0v) is 15.8. The quantitative estimate of drug-likeness (QED) is 0.776. The van der Waals surface area contributed by atoms with E-state index in [2.05, 4.69) is 42.4 Å². The molecule has 3 fully saturated rings. The van der Waals surface area contributed by atoms with Crippen molar-refractivity contribution < 1.29 is 8.78 Å². The number of halogens is 2. The van der Waals surface area contributed by atoms with Gasteiger partial charge < -0.3 is 0 Å². The summed E-state index contributed by atoms with van der Waals surface area (Å²) in [6.45, 7) is 13.3. The molecule has 0 aliphatic carbocycles. The van der Waals surface area contributed by atoms with E-state index in [9.17, 15) is 8.78 Å². The highest BCUT2D eigenvalue weighted by molar-refractivity contribution is 4.99. The van der Waals surface area contributed by atoms with Crippen molar-refractivity contribution >= 4 is 0 Å². The van der Waals surface area contributed by atoms with Gasteiger partial charge in [0.15, 0.2) is 0 Å². The number of hydrogen-bond donors (Lipinski definition) is 0. The molecule has 3 aliphatic heterocycles. The van der Waals surface area contributed by atoms with Crippen molar-refractivity contribution in [1.29, 1.82) is 0 Å². The number of likely N-dealkylation sites (tertiary alicyclic amines) is 3. The van der Waals surface area contributed by atoms with Crippen LogP contribution in [0.5, 0.6) is 0 Å². The van der Waals surface area contributed by atoms with Gasteiger partial charge in [0.05, 0.1) is 12.6 Å². The number of rotatable bonds is 4. The van der Waals surface area contributed by atoms with E-state index in [4.69, 9.17) is 0 Å². The molecular formula is C19H35F2N3. The summed E-state index contributed by atoms with van der Waals surface area (Å²) in [5.74, 6) is -1.18. The summed E-state index contributed by atoms with van der Waals surface area (Å²) >= 11 is 0. The molecule has 0 aromatic heterocycles. The molecule has 5 heteroatoms. The first-order valence-electron chi connectivity index (χ1n) is 9.88. The van der Waals surface area contributed by atoms with Crippen LogP contribution in [0.25, 0.3) is 0 Å². The molecule has 0 N–H and O–H groups in total. The van der Waals surface area contributed by atoms with Crippen LogP contribution in [-0.4, -0.2) is 78.0 Å². The van der Waals surface area contributed by atoms with Crippen LogP contribution in [0.15, 0.2) is 0 Å². The van der Waals surface area contributed by atoms with Crippen molar-refractivity contribution in [2.24, 2.45) is 11.8 Å². The Kier molecular flexibility index (Phi) is 5.53. The summed E-state index contributed by atoms with van der Waals surface area (Å²) in [5.41, 5.74) is 0. The molecule has 0 radical (unpaired) electrons. The lowest BCUT2D eigenvalue weighted by Gasteiger charge is -2.52. The lowest BCUT2D eigenvalue weighted by molar-refractivity contribution is -0.150. The van der Waals surface area contributed by atoms with Gasteiger partial charge >= 0.3 is 0 Å². The predicted octanol–water partition coefficient (Wildman–Crippen LogP) is 3.16. The molecule has 24 heavy (non-hydrogen) atoms. The van der Waals surface area contributed by atoms with E-state index in [-0.39, 0.29) is 6.54 Å². The topological polar surface area (TPSA) is 9.72 Å². The molecule has 0 bridgehead atoms. The molecule has 0 amide bonds. The highest BCUT2D eigenvalue weighted by atomic mass is 19.3. The third-order valence-electron chi connectivity index (χ3n) is 6.69. The van der Waals surface area contributed by atoms with Crippen LogP contribution in [0, 0.1) is 11.8 Å². The third-order valence-corrected chi connectivity index (χ3v) is 6.69. The number of alkyl halides is 2. The molecule has 0 aromatic rings. The van der Waals surface area contributed by atoms with Crippen molar-refractivity contribution in [3.63, 3.8) is 0 Å². The van der Waals surface area contributed by atoms with Gasteiger partial charge in [-0.25, -0.2) is 8.78 Å². The van der Waals surface area contributed by atoms with Gasteiger partial charge in [-0.3, -0.25) is 14.7 Å². The normalized spacial score (nSPS) is 31.8.